The van der Waals surface area contributed by atoms with E-state index in [1.165, 1.54) is 4.90 Å². The lowest BCUT2D eigenvalue weighted by Gasteiger charge is -2.20. The number of nitrogens with zero attached hydrogens (tertiary/aromatic N) is 4. The summed E-state index contributed by atoms with van der Waals surface area (Å²) in [5, 5.41) is 7.07. The van der Waals surface area contributed by atoms with Gasteiger partial charge in [-0.1, -0.05) is 24.1 Å². The van der Waals surface area contributed by atoms with E-state index in [1.54, 1.807) is 42.2 Å². The summed E-state index contributed by atoms with van der Waals surface area (Å²) in [6.07, 6.45) is 3.33. The number of para-hydroxylation sites is 2. The van der Waals surface area contributed by atoms with Gasteiger partial charge in [-0.3, -0.25) is 9.59 Å². The van der Waals surface area contributed by atoms with Crippen molar-refractivity contribution >= 4 is 23.1 Å². The molecule has 1 N–H and O–H groups in total. The van der Waals surface area contributed by atoms with Gasteiger partial charge in [-0.15, -0.1) is 0 Å². The summed E-state index contributed by atoms with van der Waals surface area (Å²) in [5.74, 6) is 6.18. The lowest BCUT2D eigenvalue weighted by molar-refractivity contribution is -0.120. The lowest BCUT2D eigenvalue weighted by atomic mass is 10.0. The van der Waals surface area contributed by atoms with E-state index in [2.05, 4.69) is 27.2 Å². The number of fused-ring (bicyclic) bond motifs is 2. The molecule has 0 fully saturated rings. The number of carbonyl (C=O) groups excluding carboxylic acids is 2. The molecule has 0 radical (unpaired) electrons. The molecule has 8 heteroatoms. The van der Waals surface area contributed by atoms with Gasteiger partial charge in [-0.2, -0.15) is 5.10 Å². The number of amides is 2. The molecule has 1 atom stereocenters. The molecular formula is C26H21N5O3. The van der Waals surface area contributed by atoms with Gasteiger partial charge in [0.15, 0.2) is 5.65 Å². The first-order chi connectivity index (χ1) is 16.5. The summed E-state index contributed by atoms with van der Waals surface area (Å²) in [6, 6.07) is 15.4. The van der Waals surface area contributed by atoms with Crippen LogP contribution >= 0.6 is 0 Å². The van der Waals surface area contributed by atoms with Gasteiger partial charge in [0, 0.05) is 24.4 Å². The minimum Gasteiger partial charge on any atom is -0.489 e. The quantitative estimate of drug-likeness (QED) is 0.474. The monoisotopic (exact) mass is 451 g/mol. The Labute approximate surface area is 196 Å². The number of ether oxygens (including phenoxy) is 1. The highest BCUT2D eigenvalue weighted by atomic mass is 16.5. The molecule has 5 rings (SSSR count). The highest BCUT2D eigenvalue weighted by Gasteiger charge is 2.30. The van der Waals surface area contributed by atoms with E-state index in [-0.39, 0.29) is 18.4 Å². The molecule has 4 aromatic rings. The second kappa shape index (κ2) is 8.71. The minimum absolute atomic E-state index is 0.0474. The number of anilines is 1. The molecule has 0 unspecified atom stereocenters. The molecule has 0 saturated heterocycles. The zero-order valence-electron chi connectivity index (χ0n) is 18.6. The van der Waals surface area contributed by atoms with Crippen LogP contribution in [0.1, 0.15) is 27.2 Å². The summed E-state index contributed by atoms with van der Waals surface area (Å²) in [6.45, 7) is 1.97. The number of likely N-dealkylation sites (N-methyl/N-ethyl adjacent to an activating group) is 1. The van der Waals surface area contributed by atoms with Crippen LogP contribution < -0.4 is 15.0 Å². The van der Waals surface area contributed by atoms with E-state index in [0.29, 0.717) is 33.9 Å². The maximum Gasteiger partial charge on any atom is 0.252 e. The number of imidazole rings is 1. The second-order valence-corrected chi connectivity index (χ2v) is 7.92. The summed E-state index contributed by atoms with van der Waals surface area (Å²) in [4.78, 5) is 31.7. The van der Waals surface area contributed by atoms with Crippen LogP contribution in [0, 0.1) is 18.8 Å². The van der Waals surface area contributed by atoms with Gasteiger partial charge in [0.2, 0.25) is 0 Å². The SMILES string of the molecule is Cc1ccc(C(=O)N[C@H]2COc3ccccc3N(C)C2=O)cc1C#Cc1cnc2cccnn12. The molecule has 34 heavy (non-hydrogen) atoms. The summed E-state index contributed by atoms with van der Waals surface area (Å²) < 4.78 is 7.44. The fraction of sp³-hybridized carbons (Fsp3) is 0.154. The van der Waals surface area contributed by atoms with E-state index >= 15 is 0 Å². The Kier molecular flexibility index (Phi) is 5.44. The molecule has 2 aromatic carbocycles. The number of hydrogen-bond donors (Lipinski definition) is 1. The van der Waals surface area contributed by atoms with Crippen molar-refractivity contribution < 1.29 is 14.3 Å². The van der Waals surface area contributed by atoms with Crippen molar-refractivity contribution in [3.8, 4) is 17.6 Å². The van der Waals surface area contributed by atoms with E-state index in [0.717, 1.165) is 5.56 Å². The largest absolute Gasteiger partial charge is 0.489 e. The molecule has 2 aromatic heterocycles. The average Bonchev–Trinajstić information content (AvgIpc) is 3.23. The van der Waals surface area contributed by atoms with Gasteiger partial charge in [-0.05, 0) is 54.8 Å². The van der Waals surface area contributed by atoms with Crippen LogP contribution in [0.5, 0.6) is 5.75 Å². The Morgan fingerprint density at radius 3 is 2.88 bits per heavy atom. The van der Waals surface area contributed by atoms with Crippen LogP contribution in [0.3, 0.4) is 0 Å². The Balaban J connectivity index is 1.37. The molecule has 3 heterocycles. The van der Waals surface area contributed by atoms with Crippen LogP contribution in [0.4, 0.5) is 5.69 Å². The van der Waals surface area contributed by atoms with Crippen molar-refractivity contribution in [1.29, 1.82) is 0 Å². The van der Waals surface area contributed by atoms with Crippen molar-refractivity contribution in [2.75, 3.05) is 18.6 Å². The first kappa shape index (κ1) is 21.2. The predicted molar refractivity (Wildman–Crippen MR) is 127 cm³/mol. The highest BCUT2D eigenvalue weighted by molar-refractivity contribution is 6.03. The summed E-state index contributed by atoms with van der Waals surface area (Å²) in [7, 11) is 1.67. The van der Waals surface area contributed by atoms with Crippen LogP contribution in [0.25, 0.3) is 5.65 Å². The second-order valence-electron chi connectivity index (χ2n) is 7.92. The topological polar surface area (TPSA) is 88.8 Å². The summed E-state index contributed by atoms with van der Waals surface area (Å²) >= 11 is 0. The Bertz CT molecular complexity index is 1480. The van der Waals surface area contributed by atoms with Gasteiger partial charge in [-0.25, -0.2) is 9.50 Å². The van der Waals surface area contributed by atoms with Crippen LogP contribution in [0.15, 0.2) is 67.0 Å². The summed E-state index contributed by atoms with van der Waals surface area (Å²) in [5.41, 5.74) is 4.05. The lowest BCUT2D eigenvalue weighted by Crippen LogP contribution is -2.49. The van der Waals surface area contributed by atoms with E-state index in [9.17, 15) is 9.59 Å². The van der Waals surface area contributed by atoms with Gasteiger partial charge in [0.25, 0.3) is 11.8 Å². The third-order valence-electron chi connectivity index (χ3n) is 5.67. The fourth-order valence-corrected chi connectivity index (χ4v) is 3.74. The number of nitrogens with one attached hydrogen (secondary N) is 1. The maximum absolute atomic E-state index is 13.0. The molecule has 1 aliphatic rings. The van der Waals surface area contributed by atoms with Gasteiger partial charge < -0.3 is 15.0 Å². The van der Waals surface area contributed by atoms with Gasteiger partial charge >= 0.3 is 0 Å². The highest BCUT2D eigenvalue weighted by Crippen LogP contribution is 2.29. The van der Waals surface area contributed by atoms with Crippen LogP contribution in [-0.2, 0) is 4.79 Å². The Hall–Kier alpha value is -4.64. The number of hydrogen-bond acceptors (Lipinski definition) is 5. The molecule has 168 valence electrons. The van der Waals surface area contributed by atoms with E-state index < -0.39 is 6.04 Å². The van der Waals surface area contributed by atoms with E-state index in [4.69, 9.17) is 4.74 Å². The van der Waals surface area contributed by atoms with Crippen molar-refractivity contribution in [2.45, 2.75) is 13.0 Å². The zero-order valence-corrected chi connectivity index (χ0v) is 18.6. The Morgan fingerprint density at radius 2 is 2.00 bits per heavy atom. The maximum atomic E-state index is 13.0. The molecule has 0 spiro atoms. The minimum atomic E-state index is -0.815. The smallest absolute Gasteiger partial charge is 0.252 e. The predicted octanol–water partition coefficient (Wildman–Crippen LogP) is 2.59. The molecule has 0 bridgehead atoms. The van der Waals surface area contributed by atoms with Gasteiger partial charge in [0.1, 0.15) is 24.1 Å². The third kappa shape index (κ3) is 3.95. The first-order valence-electron chi connectivity index (χ1n) is 10.7. The molecule has 0 aliphatic carbocycles. The van der Waals surface area contributed by atoms with Crippen LogP contribution in [-0.4, -0.2) is 46.1 Å². The number of rotatable bonds is 2. The fourth-order valence-electron chi connectivity index (χ4n) is 3.74. The number of carbonyl (C=O) groups is 2. The molecule has 0 saturated carbocycles. The van der Waals surface area contributed by atoms with E-state index in [1.807, 2.05) is 43.3 Å². The molecule has 8 nitrogen and oxygen atoms in total. The number of aromatic nitrogens is 3. The Morgan fingerprint density at radius 1 is 1.15 bits per heavy atom. The number of benzene rings is 2. The van der Waals surface area contributed by atoms with Crippen molar-refractivity contribution in [1.82, 2.24) is 19.9 Å². The number of aryl methyl sites for hydroxylation is 1. The molecular weight excluding hydrogens is 430 g/mol. The van der Waals surface area contributed by atoms with Gasteiger partial charge in [0.05, 0.1) is 11.9 Å². The van der Waals surface area contributed by atoms with Crippen molar-refractivity contribution in [3.63, 3.8) is 0 Å². The standard InChI is InChI=1S/C26H21N5O3/c1-17-9-10-19(14-18(17)11-12-20-15-27-24-8-5-13-28-31(20)24)25(32)29-21-16-34-23-7-4-3-6-22(23)30(2)26(21)33/h3-10,13-15,21H,16H2,1-2H3,(H,29,32)/t21-/m0/s1. The normalized spacial score (nSPS) is 15.1. The zero-order chi connectivity index (χ0) is 23.7. The average molecular weight is 451 g/mol. The van der Waals surface area contributed by atoms with Crippen molar-refractivity contribution in [3.05, 3.63) is 89.4 Å². The molecule has 2 amide bonds. The van der Waals surface area contributed by atoms with Crippen molar-refractivity contribution in [2.24, 2.45) is 0 Å². The molecule has 1 aliphatic heterocycles. The first-order valence-corrected chi connectivity index (χ1v) is 10.7. The third-order valence-corrected chi connectivity index (χ3v) is 5.67. The van der Waals surface area contributed by atoms with Crippen LogP contribution in [0.2, 0.25) is 0 Å².